The summed E-state index contributed by atoms with van der Waals surface area (Å²) in [6.07, 6.45) is 0.0416. The van der Waals surface area contributed by atoms with Crippen molar-refractivity contribution in [3.8, 4) is 0 Å². The molecule has 1 amide bonds. The molecular formula is C14H23N3O2. The average molecular weight is 265 g/mol. The number of hydrogen-bond donors (Lipinski definition) is 2. The Balaban J connectivity index is 2.50. The molecule has 1 atom stereocenters. The van der Waals surface area contributed by atoms with Gasteiger partial charge in [-0.25, -0.2) is 0 Å². The van der Waals surface area contributed by atoms with Gasteiger partial charge in [0.15, 0.2) is 0 Å². The maximum Gasteiger partial charge on any atom is 0.227 e. The van der Waals surface area contributed by atoms with Crippen LogP contribution < -0.4 is 11.1 Å². The van der Waals surface area contributed by atoms with Crippen molar-refractivity contribution >= 4 is 11.6 Å². The van der Waals surface area contributed by atoms with Gasteiger partial charge in [0, 0.05) is 25.9 Å². The van der Waals surface area contributed by atoms with Gasteiger partial charge >= 0.3 is 0 Å². The first-order chi connectivity index (χ1) is 9.05. The fourth-order valence-corrected chi connectivity index (χ4v) is 1.74. The van der Waals surface area contributed by atoms with E-state index in [0.717, 1.165) is 12.2 Å². The van der Waals surface area contributed by atoms with Crippen molar-refractivity contribution in [3.63, 3.8) is 0 Å². The lowest BCUT2D eigenvalue weighted by Gasteiger charge is -2.13. The molecule has 1 unspecified atom stereocenters. The number of rotatable bonds is 7. The molecule has 19 heavy (non-hydrogen) atoms. The van der Waals surface area contributed by atoms with E-state index in [0.29, 0.717) is 6.54 Å². The summed E-state index contributed by atoms with van der Waals surface area (Å²) in [7, 11) is 5.60. The molecule has 106 valence electrons. The minimum Gasteiger partial charge on any atom is -0.380 e. The van der Waals surface area contributed by atoms with Crippen molar-refractivity contribution < 1.29 is 9.53 Å². The molecule has 0 saturated carbocycles. The quantitative estimate of drug-likeness (QED) is 0.773. The number of amides is 1. The van der Waals surface area contributed by atoms with E-state index in [2.05, 4.69) is 10.2 Å². The van der Waals surface area contributed by atoms with Crippen molar-refractivity contribution in [2.75, 3.05) is 33.1 Å². The van der Waals surface area contributed by atoms with Crippen LogP contribution >= 0.6 is 0 Å². The Morgan fingerprint density at radius 3 is 2.47 bits per heavy atom. The van der Waals surface area contributed by atoms with Crippen LogP contribution in [0, 0.1) is 0 Å². The van der Waals surface area contributed by atoms with E-state index in [4.69, 9.17) is 10.5 Å². The Hall–Kier alpha value is -1.43. The molecule has 1 rings (SSSR count). The second-order valence-corrected chi connectivity index (χ2v) is 4.78. The molecule has 1 aromatic carbocycles. The van der Waals surface area contributed by atoms with Crippen LogP contribution in [0.25, 0.3) is 0 Å². The zero-order valence-electron chi connectivity index (χ0n) is 11.8. The predicted molar refractivity (Wildman–Crippen MR) is 76.9 cm³/mol. The highest BCUT2D eigenvalue weighted by molar-refractivity contribution is 5.91. The summed E-state index contributed by atoms with van der Waals surface area (Å²) in [4.78, 5) is 13.8. The van der Waals surface area contributed by atoms with Crippen LogP contribution in [0.15, 0.2) is 24.3 Å². The van der Waals surface area contributed by atoms with Crippen molar-refractivity contribution in [2.24, 2.45) is 5.73 Å². The van der Waals surface area contributed by atoms with Crippen LogP contribution in [-0.2, 0) is 16.1 Å². The summed E-state index contributed by atoms with van der Waals surface area (Å²) >= 11 is 0. The molecule has 0 radical (unpaired) electrons. The molecule has 0 aromatic heterocycles. The van der Waals surface area contributed by atoms with E-state index in [1.54, 1.807) is 7.11 Å². The lowest BCUT2D eigenvalue weighted by molar-refractivity contribution is -0.118. The number of nitrogens with two attached hydrogens (primary N) is 1. The lowest BCUT2D eigenvalue weighted by atomic mass is 10.2. The molecule has 0 heterocycles. The Labute approximate surface area is 114 Å². The van der Waals surface area contributed by atoms with E-state index < -0.39 is 0 Å². The Kier molecular flexibility index (Phi) is 6.49. The van der Waals surface area contributed by atoms with E-state index in [-0.39, 0.29) is 18.4 Å². The Morgan fingerprint density at radius 1 is 1.37 bits per heavy atom. The largest absolute Gasteiger partial charge is 0.380 e. The summed E-state index contributed by atoms with van der Waals surface area (Å²) in [5, 5.41) is 2.83. The SMILES string of the molecule is COC(CN)CC(=O)Nc1ccc(CN(C)C)cc1. The lowest BCUT2D eigenvalue weighted by Crippen LogP contribution is -2.28. The van der Waals surface area contributed by atoms with Gasteiger partial charge in [-0.15, -0.1) is 0 Å². The molecule has 0 aliphatic carbocycles. The summed E-state index contributed by atoms with van der Waals surface area (Å²) in [6.45, 7) is 1.22. The highest BCUT2D eigenvalue weighted by Gasteiger charge is 2.11. The molecule has 3 N–H and O–H groups in total. The third kappa shape index (κ3) is 5.83. The first kappa shape index (κ1) is 15.6. The fourth-order valence-electron chi connectivity index (χ4n) is 1.74. The van der Waals surface area contributed by atoms with Gasteiger partial charge in [0.2, 0.25) is 5.91 Å². The molecule has 5 heteroatoms. The van der Waals surface area contributed by atoms with Crippen molar-refractivity contribution in [2.45, 2.75) is 19.1 Å². The summed E-state index contributed by atoms with van der Waals surface area (Å²) in [5.41, 5.74) is 7.48. The minimum atomic E-state index is -0.229. The molecular weight excluding hydrogens is 242 g/mol. The van der Waals surface area contributed by atoms with E-state index in [9.17, 15) is 4.79 Å². The normalized spacial score (nSPS) is 12.5. The van der Waals surface area contributed by atoms with Gasteiger partial charge in [0.25, 0.3) is 0 Å². The summed E-state index contributed by atoms with van der Waals surface area (Å²) < 4.78 is 5.08. The van der Waals surface area contributed by atoms with E-state index in [1.807, 2.05) is 38.4 Å². The number of ether oxygens (including phenoxy) is 1. The zero-order valence-corrected chi connectivity index (χ0v) is 11.8. The van der Waals surface area contributed by atoms with Gasteiger partial charge in [-0.2, -0.15) is 0 Å². The van der Waals surface area contributed by atoms with Crippen LogP contribution in [0.3, 0.4) is 0 Å². The Morgan fingerprint density at radius 2 is 2.00 bits per heavy atom. The number of benzene rings is 1. The molecule has 0 spiro atoms. The number of carbonyl (C=O) groups is 1. The van der Waals surface area contributed by atoms with Crippen LogP contribution in [0.4, 0.5) is 5.69 Å². The van der Waals surface area contributed by atoms with Gasteiger partial charge in [0.1, 0.15) is 0 Å². The van der Waals surface area contributed by atoms with Crippen LogP contribution in [0.5, 0.6) is 0 Å². The fraction of sp³-hybridized carbons (Fsp3) is 0.500. The molecule has 1 aromatic rings. The van der Waals surface area contributed by atoms with E-state index in [1.165, 1.54) is 5.56 Å². The first-order valence-corrected chi connectivity index (χ1v) is 6.31. The van der Waals surface area contributed by atoms with Crippen molar-refractivity contribution in [1.82, 2.24) is 4.90 Å². The van der Waals surface area contributed by atoms with Gasteiger partial charge in [-0.05, 0) is 31.8 Å². The molecule has 0 aliphatic rings. The highest BCUT2D eigenvalue weighted by atomic mass is 16.5. The van der Waals surface area contributed by atoms with Crippen LogP contribution in [0.1, 0.15) is 12.0 Å². The number of nitrogens with one attached hydrogen (secondary N) is 1. The predicted octanol–water partition coefficient (Wildman–Crippen LogP) is 1.05. The van der Waals surface area contributed by atoms with Gasteiger partial charge in [-0.1, -0.05) is 12.1 Å². The molecule has 0 aliphatic heterocycles. The van der Waals surface area contributed by atoms with Gasteiger partial charge in [0.05, 0.1) is 12.5 Å². The number of methoxy groups -OCH3 is 1. The summed E-state index contributed by atoms with van der Waals surface area (Å²) in [5.74, 6) is -0.0855. The number of anilines is 1. The molecule has 5 nitrogen and oxygen atoms in total. The van der Waals surface area contributed by atoms with Gasteiger partial charge in [-0.3, -0.25) is 4.79 Å². The van der Waals surface area contributed by atoms with Crippen molar-refractivity contribution in [1.29, 1.82) is 0 Å². The topological polar surface area (TPSA) is 67.6 Å². The third-order valence-corrected chi connectivity index (χ3v) is 2.75. The molecule has 0 fully saturated rings. The molecule has 0 saturated heterocycles. The maximum atomic E-state index is 11.7. The van der Waals surface area contributed by atoms with Crippen LogP contribution in [-0.4, -0.2) is 44.7 Å². The average Bonchev–Trinajstić information content (AvgIpc) is 2.37. The minimum absolute atomic E-state index is 0.0855. The first-order valence-electron chi connectivity index (χ1n) is 6.31. The second-order valence-electron chi connectivity index (χ2n) is 4.78. The standard InChI is InChI=1S/C14H23N3O2/c1-17(2)10-11-4-6-12(7-5-11)16-14(18)8-13(9-15)19-3/h4-7,13H,8-10,15H2,1-3H3,(H,16,18). The smallest absolute Gasteiger partial charge is 0.227 e. The van der Waals surface area contributed by atoms with E-state index >= 15 is 0 Å². The number of nitrogens with zero attached hydrogens (tertiary/aromatic N) is 1. The maximum absolute atomic E-state index is 11.7. The summed E-state index contributed by atoms with van der Waals surface area (Å²) in [6, 6.07) is 7.82. The zero-order chi connectivity index (χ0) is 14.3. The highest BCUT2D eigenvalue weighted by Crippen LogP contribution is 2.11. The monoisotopic (exact) mass is 265 g/mol. The molecule has 0 bridgehead atoms. The van der Waals surface area contributed by atoms with Crippen molar-refractivity contribution in [3.05, 3.63) is 29.8 Å². The van der Waals surface area contributed by atoms with Gasteiger partial charge < -0.3 is 20.7 Å². The Bertz CT molecular complexity index is 386. The second kappa shape index (κ2) is 7.89. The number of hydrogen-bond acceptors (Lipinski definition) is 4. The third-order valence-electron chi connectivity index (χ3n) is 2.75. The number of carbonyl (C=O) groups excluding carboxylic acids is 1. The van der Waals surface area contributed by atoms with Crippen LogP contribution in [0.2, 0.25) is 0 Å².